The van der Waals surface area contributed by atoms with Crippen molar-refractivity contribution in [2.45, 2.75) is 32.1 Å². The molecule has 2 heterocycles. The molecule has 0 bridgehead atoms. The van der Waals surface area contributed by atoms with Crippen molar-refractivity contribution in [1.29, 1.82) is 0 Å². The van der Waals surface area contributed by atoms with E-state index in [-0.39, 0.29) is 24.3 Å². The van der Waals surface area contributed by atoms with Gasteiger partial charge in [-0.25, -0.2) is 4.98 Å². The van der Waals surface area contributed by atoms with E-state index in [9.17, 15) is 9.59 Å². The highest BCUT2D eigenvalue weighted by molar-refractivity contribution is 7.14. The van der Waals surface area contributed by atoms with Crippen molar-refractivity contribution in [3.8, 4) is 17.0 Å². The van der Waals surface area contributed by atoms with Gasteiger partial charge in [-0.3, -0.25) is 9.59 Å². The van der Waals surface area contributed by atoms with Crippen LogP contribution in [0.3, 0.4) is 0 Å². The maximum Gasteiger partial charge on any atom is 0.265 e. The SMILES string of the molecule is C=CCN1C(=O)COc2ccc(-c3csc(NC(=O)C4CCCCC4)n3)cc21. The van der Waals surface area contributed by atoms with Gasteiger partial charge in [0.05, 0.1) is 11.4 Å². The lowest BCUT2D eigenvalue weighted by atomic mass is 9.89. The Morgan fingerprint density at radius 1 is 1.36 bits per heavy atom. The Hall–Kier alpha value is -2.67. The Balaban J connectivity index is 1.53. The van der Waals surface area contributed by atoms with E-state index >= 15 is 0 Å². The average Bonchev–Trinajstić information content (AvgIpc) is 3.19. The van der Waals surface area contributed by atoms with Crippen molar-refractivity contribution in [3.05, 3.63) is 36.2 Å². The van der Waals surface area contributed by atoms with Crippen LogP contribution in [0.2, 0.25) is 0 Å². The number of rotatable bonds is 5. The topological polar surface area (TPSA) is 71.5 Å². The number of hydrogen-bond donors (Lipinski definition) is 1. The Morgan fingerprint density at radius 2 is 2.18 bits per heavy atom. The van der Waals surface area contributed by atoms with Gasteiger partial charge < -0.3 is 15.0 Å². The van der Waals surface area contributed by atoms with Crippen LogP contribution in [0.4, 0.5) is 10.8 Å². The molecule has 0 radical (unpaired) electrons. The third-order valence-electron chi connectivity index (χ3n) is 5.22. The molecule has 2 amide bonds. The zero-order chi connectivity index (χ0) is 19.5. The molecule has 146 valence electrons. The summed E-state index contributed by atoms with van der Waals surface area (Å²) in [5, 5.41) is 5.49. The molecule has 4 rings (SSSR count). The molecule has 1 aromatic carbocycles. The highest BCUT2D eigenvalue weighted by Gasteiger charge is 2.26. The van der Waals surface area contributed by atoms with Gasteiger partial charge in [-0.2, -0.15) is 0 Å². The number of nitrogens with zero attached hydrogens (tertiary/aromatic N) is 2. The number of amides is 2. The van der Waals surface area contributed by atoms with E-state index in [1.165, 1.54) is 17.8 Å². The number of aromatic nitrogens is 1. The first kappa shape index (κ1) is 18.7. The number of nitrogens with one attached hydrogen (secondary N) is 1. The van der Waals surface area contributed by atoms with E-state index in [1.54, 1.807) is 11.0 Å². The molecule has 1 fully saturated rings. The van der Waals surface area contributed by atoms with Crippen LogP contribution in [0.15, 0.2) is 36.2 Å². The van der Waals surface area contributed by atoms with Gasteiger partial charge in [-0.05, 0) is 31.0 Å². The molecule has 0 atom stereocenters. The second-order valence-electron chi connectivity index (χ2n) is 7.13. The van der Waals surface area contributed by atoms with Crippen molar-refractivity contribution in [1.82, 2.24) is 4.98 Å². The average molecular weight is 398 g/mol. The number of fused-ring (bicyclic) bond motifs is 1. The van der Waals surface area contributed by atoms with Crippen LogP contribution in [0.5, 0.6) is 5.75 Å². The number of thiazole rings is 1. The number of ether oxygens (including phenoxy) is 1. The van der Waals surface area contributed by atoms with E-state index in [2.05, 4.69) is 16.9 Å². The first-order chi connectivity index (χ1) is 13.7. The van der Waals surface area contributed by atoms with E-state index in [0.717, 1.165) is 42.6 Å². The molecule has 6 nitrogen and oxygen atoms in total. The van der Waals surface area contributed by atoms with Gasteiger partial charge in [-0.15, -0.1) is 17.9 Å². The molecule has 1 aromatic heterocycles. The predicted molar refractivity (Wildman–Crippen MR) is 111 cm³/mol. The first-order valence-corrected chi connectivity index (χ1v) is 10.5. The molecule has 0 unspecified atom stereocenters. The van der Waals surface area contributed by atoms with Gasteiger partial charge in [-0.1, -0.05) is 25.3 Å². The summed E-state index contributed by atoms with van der Waals surface area (Å²) in [5.74, 6) is 0.747. The maximum absolute atomic E-state index is 12.4. The molecule has 7 heteroatoms. The van der Waals surface area contributed by atoms with E-state index in [4.69, 9.17) is 4.74 Å². The van der Waals surface area contributed by atoms with Crippen LogP contribution >= 0.6 is 11.3 Å². The lowest BCUT2D eigenvalue weighted by molar-refractivity contribution is -0.121. The molecular weight excluding hydrogens is 374 g/mol. The molecule has 1 aliphatic carbocycles. The van der Waals surface area contributed by atoms with Crippen molar-refractivity contribution < 1.29 is 14.3 Å². The minimum atomic E-state index is -0.0942. The van der Waals surface area contributed by atoms with E-state index in [1.807, 2.05) is 23.6 Å². The Kier molecular flexibility index (Phi) is 5.43. The lowest BCUT2D eigenvalue weighted by Crippen LogP contribution is -2.38. The summed E-state index contributed by atoms with van der Waals surface area (Å²) in [7, 11) is 0. The summed E-state index contributed by atoms with van der Waals surface area (Å²) < 4.78 is 5.53. The third-order valence-corrected chi connectivity index (χ3v) is 5.98. The number of hydrogen-bond acceptors (Lipinski definition) is 5. The molecule has 1 N–H and O–H groups in total. The Labute approximate surface area is 168 Å². The van der Waals surface area contributed by atoms with Gasteiger partial charge in [0.15, 0.2) is 11.7 Å². The minimum absolute atomic E-state index is 0.0359. The number of carbonyl (C=O) groups excluding carboxylic acids is 2. The van der Waals surface area contributed by atoms with Crippen molar-refractivity contribution >= 4 is 34.0 Å². The molecule has 0 spiro atoms. The summed E-state index contributed by atoms with van der Waals surface area (Å²) in [6, 6.07) is 5.67. The monoisotopic (exact) mass is 397 g/mol. The zero-order valence-electron chi connectivity index (χ0n) is 15.6. The van der Waals surface area contributed by atoms with E-state index in [0.29, 0.717) is 17.4 Å². The fourth-order valence-electron chi connectivity index (χ4n) is 3.73. The van der Waals surface area contributed by atoms with Crippen molar-refractivity contribution in [2.24, 2.45) is 5.92 Å². The second-order valence-corrected chi connectivity index (χ2v) is 7.98. The smallest absolute Gasteiger partial charge is 0.265 e. The van der Waals surface area contributed by atoms with Crippen LogP contribution in [-0.2, 0) is 9.59 Å². The van der Waals surface area contributed by atoms with Crippen molar-refractivity contribution in [3.63, 3.8) is 0 Å². The van der Waals surface area contributed by atoms with Gasteiger partial charge >= 0.3 is 0 Å². The zero-order valence-corrected chi connectivity index (χ0v) is 16.5. The lowest BCUT2D eigenvalue weighted by Gasteiger charge is -2.28. The van der Waals surface area contributed by atoms with E-state index < -0.39 is 0 Å². The van der Waals surface area contributed by atoms with Gasteiger partial charge in [0.2, 0.25) is 5.91 Å². The van der Waals surface area contributed by atoms with Crippen molar-refractivity contribution in [2.75, 3.05) is 23.4 Å². The summed E-state index contributed by atoms with van der Waals surface area (Å²) in [4.78, 5) is 30.8. The second kappa shape index (κ2) is 8.14. The number of benzene rings is 1. The molecule has 1 saturated carbocycles. The van der Waals surface area contributed by atoms with Crippen LogP contribution in [0.25, 0.3) is 11.3 Å². The first-order valence-electron chi connectivity index (χ1n) is 9.60. The molecule has 2 aliphatic rings. The largest absolute Gasteiger partial charge is 0.482 e. The van der Waals surface area contributed by atoms with Gasteiger partial charge in [0.25, 0.3) is 5.91 Å². The molecule has 2 aromatic rings. The highest BCUT2D eigenvalue weighted by Crippen LogP contribution is 2.37. The summed E-state index contributed by atoms with van der Waals surface area (Å²) in [6.07, 6.45) is 7.08. The fourth-order valence-corrected chi connectivity index (χ4v) is 4.45. The molecule has 28 heavy (non-hydrogen) atoms. The number of carbonyl (C=O) groups is 2. The summed E-state index contributed by atoms with van der Waals surface area (Å²) in [5.41, 5.74) is 2.36. The highest BCUT2D eigenvalue weighted by atomic mass is 32.1. The van der Waals surface area contributed by atoms with Crippen LogP contribution < -0.4 is 15.0 Å². The maximum atomic E-state index is 12.4. The summed E-state index contributed by atoms with van der Waals surface area (Å²) in [6.45, 7) is 4.19. The Bertz CT molecular complexity index is 902. The molecule has 1 aliphatic heterocycles. The Morgan fingerprint density at radius 3 is 2.96 bits per heavy atom. The van der Waals surface area contributed by atoms with Gasteiger partial charge in [0, 0.05) is 23.4 Å². The third kappa shape index (κ3) is 3.80. The standard InChI is InChI=1S/C21H23N3O3S/c1-2-10-24-17-11-15(8-9-18(17)27-12-19(24)25)16-13-28-21(22-16)23-20(26)14-6-4-3-5-7-14/h2,8-9,11,13-14H,1,3-7,10,12H2,(H,22,23,26). The predicted octanol–water partition coefficient (Wildman–Crippen LogP) is 4.24. The quantitative estimate of drug-likeness (QED) is 0.766. The van der Waals surface area contributed by atoms with Crippen LogP contribution in [-0.4, -0.2) is 29.9 Å². The van der Waals surface area contributed by atoms with Crippen LogP contribution in [0.1, 0.15) is 32.1 Å². The minimum Gasteiger partial charge on any atom is -0.482 e. The molecular formula is C21H23N3O3S. The fraction of sp³-hybridized carbons (Fsp3) is 0.381. The van der Waals surface area contributed by atoms with Gasteiger partial charge in [0.1, 0.15) is 5.75 Å². The number of anilines is 2. The molecule has 0 saturated heterocycles. The van der Waals surface area contributed by atoms with Crippen LogP contribution in [0, 0.1) is 5.92 Å². The summed E-state index contributed by atoms with van der Waals surface area (Å²) >= 11 is 1.41. The normalized spacial score (nSPS) is 17.0.